The zero-order valence-corrected chi connectivity index (χ0v) is 10.9. The van der Waals surface area contributed by atoms with Crippen LogP contribution in [0.5, 0.6) is 0 Å². The molecule has 90 valence electrons. The second-order valence-corrected chi connectivity index (χ2v) is 5.33. The van der Waals surface area contributed by atoms with Gasteiger partial charge in [0, 0.05) is 30.0 Å². The number of anilines is 1. The Morgan fingerprint density at radius 3 is 2.56 bits per heavy atom. The van der Waals surface area contributed by atoms with Gasteiger partial charge in [0.25, 0.3) is 0 Å². The van der Waals surface area contributed by atoms with Crippen molar-refractivity contribution < 1.29 is 4.79 Å². The van der Waals surface area contributed by atoms with Crippen LogP contribution < -0.4 is 10.6 Å². The average Bonchev–Trinajstić information content (AvgIpc) is 2.57. The van der Waals surface area contributed by atoms with Crippen LogP contribution in [-0.4, -0.2) is 28.4 Å². The van der Waals surface area contributed by atoms with Crippen molar-refractivity contribution in [3.05, 3.63) is 5.82 Å². The lowest BCUT2D eigenvalue weighted by atomic mass is 9.96. The van der Waals surface area contributed by atoms with Gasteiger partial charge in [-0.25, -0.2) is 4.98 Å². The van der Waals surface area contributed by atoms with Crippen molar-refractivity contribution in [2.75, 3.05) is 18.4 Å². The van der Waals surface area contributed by atoms with Crippen LogP contribution in [0.1, 0.15) is 26.6 Å². The lowest BCUT2D eigenvalue weighted by molar-refractivity contribution is -0.128. The molecule has 6 heteroatoms. The zero-order valence-electron chi connectivity index (χ0n) is 10.1. The summed E-state index contributed by atoms with van der Waals surface area (Å²) in [4.78, 5) is 15.7. The quantitative estimate of drug-likeness (QED) is 0.784. The number of carbonyl (C=O) groups is 1. The normalized spacial score (nSPS) is 11.2. The predicted octanol–water partition coefficient (Wildman–Crippen LogP) is 1.42. The standard InChI is InChI=1S/C10H18N4OS/c1-7-13-9(16-14-7)12-6-5-11-8(15)10(2,3)4/h5-6H2,1-4H3,(H,11,15)(H,12,13,14). The summed E-state index contributed by atoms with van der Waals surface area (Å²) in [5.74, 6) is 0.828. The first-order valence-corrected chi connectivity index (χ1v) is 5.99. The summed E-state index contributed by atoms with van der Waals surface area (Å²) < 4.78 is 4.05. The minimum Gasteiger partial charge on any atom is -0.359 e. The molecule has 2 N–H and O–H groups in total. The molecule has 0 saturated heterocycles. The maximum absolute atomic E-state index is 11.5. The lowest BCUT2D eigenvalue weighted by Crippen LogP contribution is -2.37. The Bertz CT molecular complexity index is 356. The van der Waals surface area contributed by atoms with E-state index in [4.69, 9.17) is 0 Å². The molecular weight excluding hydrogens is 224 g/mol. The van der Waals surface area contributed by atoms with Gasteiger partial charge in [-0.3, -0.25) is 4.79 Å². The topological polar surface area (TPSA) is 66.9 Å². The van der Waals surface area contributed by atoms with Gasteiger partial charge in [-0.15, -0.1) is 0 Å². The van der Waals surface area contributed by atoms with Crippen LogP contribution in [0.15, 0.2) is 0 Å². The minimum absolute atomic E-state index is 0.0581. The van der Waals surface area contributed by atoms with Crippen molar-refractivity contribution in [2.45, 2.75) is 27.7 Å². The Morgan fingerprint density at radius 1 is 1.38 bits per heavy atom. The highest BCUT2D eigenvalue weighted by atomic mass is 32.1. The van der Waals surface area contributed by atoms with E-state index in [1.807, 2.05) is 27.7 Å². The van der Waals surface area contributed by atoms with Gasteiger partial charge < -0.3 is 10.6 Å². The first-order valence-electron chi connectivity index (χ1n) is 5.22. The van der Waals surface area contributed by atoms with Crippen LogP contribution in [0.25, 0.3) is 0 Å². The third kappa shape index (κ3) is 4.14. The van der Waals surface area contributed by atoms with Crippen LogP contribution in [0.3, 0.4) is 0 Å². The molecule has 0 aliphatic heterocycles. The van der Waals surface area contributed by atoms with Gasteiger partial charge in [0.2, 0.25) is 11.0 Å². The van der Waals surface area contributed by atoms with E-state index in [0.29, 0.717) is 13.1 Å². The van der Waals surface area contributed by atoms with Crippen LogP contribution in [0.2, 0.25) is 0 Å². The third-order valence-corrected chi connectivity index (χ3v) is 2.66. The molecule has 0 bridgehead atoms. The molecule has 1 aromatic heterocycles. The molecule has 0 unspecified atom stereocenters. The number of nitrogens with zero attached hydrogens (tertiary/aromatic N) is 2. The largest absolute Gasteiger partial charge is 0.359 e. The smallest absolute Gasteiger partial charge is 0.225 e. The molecule has 1 amide bonds. The molecule has 0 aliphatic rings. The zero-order chi connectivity index (χ0) is 12.2. The number of rotatable bonds is 4. The van der Waals surface area contributed by atoms with Gasteiger partial charge in [-0.1, -0.05) is 20.8 Å². The van der Waals surface area contributed by atoms with E-state index < -0.39 is 0 Å². The van der Waals surface area contributed by atoms with E-state index in [-0.39, 0.29) is 11.3 Å². The van der Waals surface area contributed by atoms with Gasteiger partial charge in [-0.2, -0.15) is 4.37 Å². The Hall–Kier alpha value is -1.17. The molecular formula is C10H18N4OS. The number of aromatic nitrogens is 2. The summed E-state index contributed by atoms with van der Waals surface area (Å²) in [6.45, 7) is 8.78. The highest BCUT2D eigenvalue weighted by Gasteiger charge is 2.20. The van der Waals surface area contributed by atoms with E-state index in [1.54, 1.807) is 0 Å². The van der Waals surface area contributed by atoms with Crippen molar-refractivity contribution in [3.63, 3.8) is 0 Å². The lowest BCUT2D eigenvalue weighted by Gasteiger charge is -2.17. The summed E-state index contributed by atoms with van der Waals surface area (Å²) in [7, 11) is 0. The van der Waals surface area contributed by atoms with Crippen LogP contribution in [0, 0.1) is 12.3 Å². The van der Waals surface area contributed by atoms with E-state index >= 15 is 0 Å². The Kier molecular flexibility index (Phi) is 4.23. The van der Waals surface area contributed by atoms with Crippen molar-refractivity contribution in [3.8, 4) is 0 Å². The molecule has 1 heterocycles. The van der Waals surface area contributed by atoms with Gasteiger partial charge in [0.05, 0.1) is 0 Å². The van der Waals surface area contributed by atoms with E-state index in [9.17, 15) is 4.79 Å². The molecule has 0 radical (unpaired) electrons. The molecule has 0 spiro atoms. The van der Waals surface area contributed by atoms with E-state index in [2.05, 4.69) is 20.0 Å². The van der Waals surface area contributed by atoms with Gasteiger partial charge in [0.1, 0.15) is 5.82 Å². The summed E-state index contributed by atoms with van der Waals surface area (Å²) in [5.41, 5.74) is -0.334. The van der Waals surface area contributed by atoms with Crippen molar-refractivity contribution in [2.24, 2.45) is 5.41 Å². The Labute approximate surface area is 99.8 Å². The van der Waals surface area contributed by atoms with Gasteiger partial charge >= 0.3 is 0 Å². The predicted molar refractivity (Wildman–Crippen MR) is 65.6 cm³/mol. The van der Waals surface area contributed by atoms with Gasteiger partial charge in [-0.05, 0) is 6.92 Å². The molecule has 1 aromatic rings. The maximum atomic E-state index is 11.5. The molecule has 0 atom stereocenters. The van der Waals surface area contributed by atoms with Gasteiger partial charge in [0.15, 0.2) is 0 Å². The van der Waals surface area contributed by atoms with Crippen molar-refractivity contribution >= 4 is 22.6 Å². The number of carbonyl (C=O) groups excluding carboxylic acids is 1. The van der Waals surface area contributed by atoms with Crippen LogP contribution in [0.4, 0.5) is 5.13 Å². The van der Waals surface area contributed by atoms with Crippen molar-refractivity contribution in [1.29, 1.82) is 0 Å². The monoisotopic (exact) mass is 242 g/mol. The second kappa shape index (κ2) is 5.25. The second-order valence-electron chi connectivity index (χ2n) is 4.58. The van der Waals surface area contributed by atoms with Crippen LogP contribution >= 0.6 is 11.5 Å². The molecule has 0 fully saturated rings. The molecule has 0 aromatic carbocycles. The highest BCUT2D eigenvalue weighted by Crippen LogP contribution is 2.12. The fraction of sp³-hybridized carbons (Fsp3) is 0.700. The Morgan fingerprint density at radius 2 is 2.06 bits per heavy atom. The number of hydrogen-bond acceptors (Lipinski definition) is 5. The summed E-state index contributed by atoms with van der Waals surface area (Å²) in [6.07, 6.45) is 0. The minimum atomic E-state index is -0.334. The Balaban J connectivity index is 2.20. The first kappa shape index (κ1) is 12.9. The highest BCUT2D eigenvalue weighted by molar-refractivity contribution is 7.09. The van der Waals surface area contributed by atoms with Crippen molar-refractivity contribution in [1.82, 2.24) is 14.7 Å². The maximum Gasteiger partial charge on any atom is 0.225 e. The summed E-state index contributed by atoms with van der Waals surface area (Å²) in [5, 5.41) is 6.75. The number of nitrogens with one attached hydrogen (secondary N) is 2. The van der Waals surface area contributed by atoms with E-state index in [0.717, 1.165) is 11.0 Å². The molecule has 5 nitrogen and oxygen atoms in total. The molecule has 0 aliphatic carbocycles. The fourth-order valence-electron chi connectivity index (χ4n) is 0.980. The third-order valence-electron chi connectivity index (χ3n) is 1.90. The average molecular weight is 242 g/mol. The molecule has 16 heavy (non-hydrogen) atoms. The summed E-state index contributed by atoms with van der Waals surface area (Å²) >= 11 is 1.33. The molecule has 0 saturated carbocycles. The molecule has 1 rings (SSSR count). The fourth-order valence-corrected chi connectivity index (χ4v) is 1.58. The van der Waals surface area contributed by atoms with E-state index in [1.165, 1.54) is 11.5 Å². The SMILES string of the molecule is Cc1nsc(NCCNC(=O)C(C)(C)C)n1. The summed E-state index contributed by atoms with van der Waals surface area (Å²) in [6, 6.07) is 0. The number of amides is 1. The first-order chi connectivity index (χ1) is 7.39. The van der Waals surface area contributed by atoms with Crippen LogP contribution in [-0.2, 0) is 4.79 Å². The number of aryl methyl sites for hydroxylation is 1. The number of hydrogen-bond donors (Lipinski definition) is 2.